The number of carbonyl (C=O) groups is 1. The van der Waals surface area contributed by atoms with Crippen molar-refractivity contribution in [3.8, 4) is 0 Å². The molecule has 0 aromatic heterocycles. The molecular weight excluding hydrogens is 245 g/mol. The third-order valence-electron chi connectivity index (χ3n) is 2.02. The number of rotatable bonds is 3. The first kappa shape index (κ1) is 13.4. The molecule has 0 aliphatic rings. The number of hydrogen-bond acceptors (Lipinski definition) is 1. The van der Waals surface area contributed by atoms with Gasteiger partial charge in [-0.15, -0.1) is 0 Å². The smallest absolute Gasteiger partial charge is 0.320 e. The fourth-order valence-corrected chi connectivity index (χ4v) is 1.03. The van der Waals surface area contributed by atoms with Crippen LogP contribution in [0.2, 0.25) is 0 Å². The molecule has 0 bridgehead atoms. The summed E-state index contributed by atoms with van der Waals surface area (Å²) in [5.74, 6) is -7.74. The van der Waals surface area contributed by atoms with Gasteiger partial charge in [-0.2, -0.15) is 8.78 Å². The van der Waals surface area contributed by atoms with E-state index in [9.17, 15) is 26.7 Å². The molecule has 7 heteroatoms. The maximum Gasteiger partial charge on any atom is 0.383 e. The lowest BCUT2D eigenvalue weighted by molar-refractivity contribution is -0.163. The Kier molecular flexibility index (Phi) is 3.69. The quantitative estimate of drug-likeness (QED) is 0.824. The van der Waals surface area contributed by atoms with E-state index in [1.807, 2.05) is 0 Å². The summed E-state index contributed by atoms with van der Waals surface area (Å²) in [6.45, 7) is 1.41. The molecule has 0 aliphatic heterocycles. The molecule has 0 spiro atoms. The topological polar surface area (TPSA) is 29.1 Å². The van der Waals surface area contributed by atoms with Crippen LogP contribution in [-0.4, -0.2) is 18.3 Å². The monoisotopic (exact) mass is 253 g/mol. The number of alkyl halides is 4. The Balaban J connectivity index is 2.92. The summed E-state index contributed by atoms with van der Waals surface area (Å²) in [6.07, 6.45) is -4.11. The van der Waals surface area contributed by atoms with Gasteiger partial charge in [0.1, 0.15) is 5.82 Å². The van der Waals surface area contributed by atoms with Gasteiger partial charge < -0.3 is 5.32 Å². The van der Waals surface area contributed by atoms with Crippen molar-refractivity contribution in [1.82, 2.24) is 0 Å². The lowest BCUT2D eigenvalue weighted by atomic mass is 10.2. The highest BCUT2D eigenvalue weighted by molar-refractivity contribution is 5.96. The molecule has 0 radical (unpaired) electrons. The predicted molar refractivity (Wildman–Crippen MR) is 50.7 cm³/mol. The minimum atomic E-state index is -4.81. The Morgan fingerprint density at radius 3 is 2.47 bits per heavy atom. The van der Waals surface area contributed by atoms with Crippen LogP contribution in [0.5, 0.6) is 0 Å². The summed E-state index contributed by atoms with van der Waals surface area (Å²) in [5, 5.41) is 1.56. The van der Waals surface area contributed by atoms with Crippen molar-refractivity contribution in [3.05, 3.63) is 29.6 Å². The van der Waals surface area contributed by atoms with Crippen LogP contribution < -0.4 is 5.32 Å². The number of nitrogens with one attached hydrogen (secondary N) is 1. The summed E-state index contributed by atoms with van der Waals surface area (Å²) >= 11 is 0. The van der Waals surface area contributed by atoms with Gasteiger partial charge in [-0.3, -0.25) is 4.79 Å². The summed E-state index contributed by atoms with van der Waals surface area (Å²) in [5.41, 5.74) is 0.0140. The number of halogens is 5. The van der Waals surface area contributed by atoms with Gasteiger partial charge in [0.25, 0.3) is 0 Å². The van der Waals surface area contributed by atoms with Crippen LogP contribution in [0.1, 0.15) is 5.56 Å². The summed E-state index contributed by atoms with van der Waals surface area (Å²) < 4.78 is 61.7. The van der Waals surface area contributed by atoms with Crippen molar-refractivity contribution in [2.75, 3.05) is 5.32 Å². The lowest BCUT2D eigenvalue weighted by Crippen LogP contribution is -2.41. The normalized spacial score (nSPS) is 11.7. The first-order chi connectivity index (χ1) is 7.75. The Labute approximate surface area is 93.4 Å². The van der Waals surface area contributed by atoms with Crippen molar-refractivity contribution < 1.29 is 26.7 Å². The molecule has 0 atom stereocenters. The Bertz CT molecular complexity index is 433. The van der Waals surface area contributed by atoms with E-state index in [2.05, 4.69) is 0 Å². The maximum atomic E-state index is 12.8. The van der Waals surface area contributed by atoms with Gasteiger partial charge in [0.05, 0.1) is 0 Å². The molecule has 0 fully saturated rings. The Hall–Kier alpha value is -1.66. The molecule has 1 N–H and O–H groups in total. The molecule has 1 aromatic carbocycles. The first-order valence-electron chi connectivity index (χ1n) is 4.48. The largest absolute Gasteiger partial charge is 0.383 e. The van der Waals surface area contributed by atoms with Crippen LogP contribution in [0.25, 0.3) is 0 Å². The number of benzene rings is 1. The van der Waals surface area contributed by atoms with Crippen LogP contribution >= 0.6 is 0 Å². The van der Waals surface area contributed by atoms with Gasteiger partial charge >= 0.3 is 18.3 Å². The van der Waals surface area contributed by atoms with E-state index in [1.165, 1.54) is 13.0 Å². The van der Waals surface area contributed by atoms with Crippen LogP contribution in [0.15, 0.2) is 18.2 Å². The molecule has 94 valence electrons. The molecule has 0 aliphatic carbocycles. The van der Waals surface area contributed by atoms with Crippen molar-refractivity contribution in [2.45, 2.75) is 19.3 Å². The van der Waals surface area contributed by atoms with Gasteiger partial charge in [0.15, 0.2) is 0 Å². The summed E-state index contributed by atoms with van der Waals surface area (Å²) in [6, 6.07) is 3.05. The number of carbonyl (C=O) groups excluding carboxylic acids is 1. The van der Waals surface area contributed by atoms with Crippen LogP contribution in [0.3, 0.4) is 0 Å². The molecular formula is C10H8F5NO. The molecule has 0 heterocycles. The lowest BCUT2D eigenvalue weighted by Gasteiger charge is -2.15. The highest BCUT2D eigenvalue weighted by atomic mass is 19.3. The number of anilines is 1. The Morgan fingerprint density at radius 1 is 1.35 bits per heavy atom. The van der Waals surface area contributed by atoms with E-state index in [0.717, 1.165) is 12.1 Å². The van der Waals surface area contributed by atoms with Gasteiger partial charge in [0.2, 0.25) is 0 Å². The minimum Gasteiger partial charge on any atom is -0.320 e. The number of amides is 1. The zero-order valence-electron chi connectivity index (χ0n) is 8.61. The minimum absolute atomic E-state index is 0.268. The molecule has 0 saturated heterocycles. The molecule has 1 rings (SSSR count). The number of aryl methyl sites for hydroxylation is 1. The van der Waals surface area contributed by atoms with E-state index < -0.39 is 24.1 Å². The van der Waals surface area contributed by atoms with E-state index >= 15 is 0 Å². The molecule has 2 nitrogen and oxygen atoms in total. The van der Waals surface area contributed by atoms with Crippen LogP contribution in [0.4, 0.5) is 27.6 Å². The second kappa shape index (κ2) is 4.68. The third-order valence-corrected chi connectivity index (χ3v) is 2.02. The highest BCUT2D eigenvalue weighted by Gasteiger charge is 2.49. The van der Waals surface area contributed by atoms with Crippen molar-refractivity contribution in [1.29, 1.82) is 0 Å². The van der Waals surface area contributed by atoms with E-state index in [4.69, 9.17) is 0 Å². The van der Waals surface area contributed by atoms with Gasteiger partial charge in [-0.25, -0.2) is 13.2 Å². The SMILES string of the molecule is Cc1ccc(F)cc1NC(=O)C(F)(F)C(F)F. The van der Waals surface area contributed by atoms with Crippen LogP contribution in [-0.2, 0) is 4.79 Å². The molecule has 0 saturated carbocycles. The average Bonchev–Trinajstić information content (AvgIpc) is 2.23. The maximum absolute atomic E-state index is 12.8. The fraction of sp³-hybridized carbons (Fsp3) is 0.300. The standard InChI is InChI=1S/C10H8F5NO/c1-5-2-3-6(11)4-7(5)16-9(17)10(14,15)8(12)13/h2-4,8H,1H3,(H,16,17). The average molecular weight is 253 g/mol. The van der Waals surface area contributed by atoms with Gasteiger partial charge in [0, 0.05) is 5.69 Å². The van der Waals surface area contributed by atoms with Gasteiger partial charge in [-0.1, -0.05) is 6.07 Å². The van der Waals surface area contributed by atoms with Crippen LogP contribution in [0, 0.1) is 12.7 Å². The molecule has 1 aromatic rings. The zero-order valence-corrected chi connectivity index (χ0v) is 8.61. The van der Waals surface area contributed by atoms with E-state index in [-0.39, 0.29) is 11.3 Å². The third kappa shape index (κ3) is 2.92. The summed E-state index contributed by atoms with van der Waals surface area (Å²) in [4.78, 5) is 10.9. The Morgan fingerprint density at radius 2 is 1.94 bits per heavy atom. The first-order valence-corrected chi connectivity index (χ1v) is 4.48. The summed E-state index contributed by atoms with van der Waals surface area (Å²) in [7, 11) is 0. The second-order valence-electron chi connectivity index (χ2n) is 3.34. The number of hydrogen-bond donors (Lipinski definition) is 1. The zero-order chi connectivity index (χ0) is 13.2. The second-order valence-corrected chi connectivity index (χ2v) is 3.34. The molecule has 17 heavy (non-hydrogen) atoms. The van der Waals surface area contributed by atoms with Crippen molar-refractivity contribution >= 4 is 11.6 Å². The fourth-order valence-electron chi connectivity index (χ4n) is 1.03. The molecule has 0 unspecified atom stereocenters. The highest BCUT2D eigenvalue weighted by Crippen LogP contribution is 2.25. The van der Waals surface area contributed by atoms with Crippen molar-refractivity contribution in [3.63, 3.8) is 0 Å². The van der Waals surface area contributed by atoms with Crippen molar-refractivity contribution in [2.24, 2.45) is 0 Å². The van der Waals surface area contributed by atoms with E-state index in [1.54, 1.807) is 5.32 Å². The van der Waals surface area contributed by atoms with Gasteiger partial charge in [-0.05, 0) is 24.6 Å². The predicted octanol–water partition coefficient (Wildman–Crippen LogP) is 2.97. The van der Waals surface area contributed by atoms with E-state index in [0.29, 0.717) is 0 Å². The molecule has 1 amide bonds.